The Morgan fingerprint density at radius 2 is 2.20 bits per heavy atom. The van der Waals surface area contributed by atoms with Crippen molar-refractivity contribution in [2.45, 2.75) is 12.5 Å². The second kappa shape index (κ2) is 7.18. The Kier molecular flexibility index (Phi) is 4.35. The third-order valence-electron chi connectivity index (χ3n) is 5.50. The highest BCUT2D eigenvalue weighted by Gasteiger charge is 2.34. The van der Waals surface area contributed by atoms with Gasteiger partial charge in [-0.2, -0.15) is 5.10 Å². The molecule has 0 aliphatic carbocycles. The first-order chi connectivity index (χ1) is 14.6. The predicted molar refractivity (Wildman–Crippen MR) is 111 cm³/mol. The van der Waals surface area contributed by atoms with Gasteiger partial charge in [0.05, 0.1) is 46.7 Å². The maximum absolute atomic E-state index is 13.8. The van der Waals surface area contributed by atoms with Gasteiger partial charge in [-0.15, -0.1) is 0 Å². The maximum Gasteiger partial charge on any atom is 0.258 e. The van der Waals surface area contributed by atoms with Crippen LogP contribution in [0.4, 0.5) is 15.8 Å². The molecule has 5 rings (SSSR count). The third-order valence-corrected chi connectivity index (χ3v) is 5.50. The zero-order valence-electron chi connectivity index (χ0n) is 16.0. The van der Waals surface area contributed by atoms with E-state index in [-0.39, 0.29) is 17.6 Å². The minimum Gasteiger partial charge on any atom is -0.395 e. The van der Waals surface area contributed by atoms with Crippen molar-refractivity contribution in [3.8, 4) is 0 Å². The van der Waals surface area contributed by atoms with E-state index in [0.717, 1.165) is 16.9 Å². The number of anilines is 2. The largest absolute Gasteiger partial charge is 0.395 e. The first kappa shape index (κ1) is 18.2. The maximum atomic E-state index is 13.8. The number of halogens is 1. The van der Waals surface area contributed by atoms with E-state index < -0.39 is 5.82 Å². The summed E-state index contributed by atoms with van der Waals surface area (Å²) in [7, 11) is 0. The number of nitrogens with one attached hydrogen (secondary N) is 2. The zero-order chi connectivity index (χ0) is 20.7. The Morgan fingerprint density at radius 1 is 1.30 bits per heavy atom. The second-order valence-corrected chi connectivity index (χ2v) is 7.20. The van der Waals surface area contributed by atoms with Crippen molar-refractivity contribution in [1.29, 1.82) is 0 Å². The Morgan fingerprint density at radius 3 is 3.10 bits per heavy atom. The van der Waals surface area contributed by atoms with Crippen LogP contribution in [0, 0.1) is 5.82 Å². The van der Waals surface area contributed by atoms with Gasteiger partial charge >= 0.3 is 0 Å². The molecule has 3 aromatic heterocycles. The van der Waals surface area contributed by atoms with E-state index in [0.29, 0.717) is 30.8 Å². The van der Waals surface area contributed by atoms with Crippen molar-refractivity contribution in [3.05, 3.63) is 77.9 Å². The van der Waals surface area contributed by atoms with Crippen LogP contribution in [0.3, 0.4) is 0 Å². The molecule has 0 fully saturated rings. The Balaban J connectivity index is 1.47. The number of pyridine rings is 1. The molecule has 0 radical (unpaired) electrons. The number of para-hydroxylation sites is 1. The quantitative estimate of drug-likeness (QED) is 0.453. The van der Waals surface area contributed by atoms with E-state index in [1.165, 1.54) is 6.07 Å². The number of fused-ring (bicyclic) bond motifs is 2. The van der Waals surface area contributed by atoms with E-state index in [9.17, 15) is 9.18 Å². The highest BCUT2D eigenvalue weighted by atomic mass is 19.1. The number of nitrogens with zero attached hydrogens (tertiary/aromatic N) is 4. The molecule has 9 heteroatoms. The lowest BCUT2D eigenvalue weighted by molar-refractivity contribution is 0.0669. The molecule has 4 N–H and O–H groups in total. The fourth-order valence-corrected chi connectivity index (χ4v) is 3.96. The van der Waals surface area contributed by atoms with Crippen LogP contribution in [-0.4, -0.2) is 43.5 Å². The SMILES string of the molecule is Nc1c(F)cccc1NCC1c2nc[nH]c2CCN1C(=O)c1cnn2ccccc12. The monoisotopic (exact) mass is 405 g/mol. The van der Waals surface area contributed by atoms with Crippen molar-refractivity contribution in [2.24, 2.45) is 0 Å². The highest BCUT2D eigenvalue weighted by molar-refractivity contribution is 6.01. The van der Waals surface area contributed by atoms with Gasteiger partial charge in [0.25, 0.3) is 5.91 Å². The summed E-state index contributed by atoms with van der Waals surface area (Å²) < 4.78 is 15.5. The number of rotatable bonds is 4. The number of aromatic nitrogens is 4. The van der Waals surface area contributed by atoms with Gasteiger partial charge in [0.15, 0.2) is 0 Å². The number of benzene rings is 1. The molecule has 30 heavy (non-hydrogen) atoms. The molecule has 1 aliphatic heterocycles. The van der Waals surface area contributed by atoms with Crippen molar-refractivity contribution in [1.82, 2.24) is 24.5 Å². The average molecular weight is 405 g/mol. The summed E-state index contributed by atoms with van der Waals surface area (Å²) in [5, 5.41) is 7.47. The Labute approximate surface area is 171 Å². The number of aromatic amines is 1. The van der Waals surface area contributed by atoms with Crippen LogP contribution < -0.4 is 11.1 Å². The molecule has 0 spiro atoms. The summed E-state index contributed by atoms with van der Waals surface area (Å²) in [6.07, 6.45) is 5.71. The molecule has 152 valence electrons. The minimum atomic E-state index is -0.483. The number of carbonyl (C=O) groups is 1. The van der Waals surface area contributed by atoms with Crippen LogP contribution in [-0.2, 0) is 6.42 Å². The van der Waals surface area contributed by atoms with E-state index in [4.69, 9.17) is 5.73 Å². The predicted octanol–water partition coefficient (Wildman–Crippen LogP) is 2.63. The van der Waals surface area contributed by atoms with Gasteiger partial charge in [-0.3, -0.25) is 4.79 Å². The van der Waals surface area contributed by atoms with Crippen molar-refractivity contribution in [3.63, 3.8) is 0 Å². The van der Waals surface area contributed by atoms with Gasteiger partial charge in [0.1, 0.15) is 5.82 Å². The fraction of sp³-hybridized carbons (Fsp3) is 0.190. The van der Waals surface area contributed by atoms with Gasteiger partial charge in [-0.25, -0.2) is 13.9 Å². The number of amides is 1. The summed E-state index contributed by atoms with van der Waals surface area (Å²) in [5.41, 5.74) is 9.47. The molecule has 1 amide bonds. The number of imidazole rings is 1. The Hall–Kier alpha value is -3.88. The first-order valence-electron chi connectivity index (χ1n) is 9.67. The standard InChI is InChI=1S/C21H20FN7O/c22-14-4-3-5-15(19(14)23)24-11-18-20-16(25-12-26-20)7-9-28(18)21(30)13-10-27-29-8-2-1-6-17(13)29/h1-6,8,10,12,18,24H,7,9,11,23H2,(H,25,26). The molecular formula is C21H20FN7O. The lowest BCUT2D eigenvalue weighted by Gasteiger charge is -2.35. The molecule has 0 saturated carbocycles. The second-order valence-electron chi connectivity index (χ2n) is 7.20. The van der Waals surface area contributed by atoms with E-state index in [1.54, 1.807) is 40.3 Å². The molecule has 1 atom stereocenters. The van der Waals surface area contributed by atoms with Crippen LogP contribution in [0.1, 0.15) is 27.8 Å². The number of nitrogen functional groups attached to an aromatic ring is 1. The van der Waals surface area contributed by atoms with Gasteiger partial charge in [-0.1, -0.05) is 12.1 Å². The molecule has 1 aliphatic rings. The molecule has 8 nitrogen and oxygen atoms in total. The lowest BCUT2D eigenvalue weighted by Crippen LogP contribution is -2.43. The number of nitrogens with two attached hydrogens (primary N) is 1. The molecule has 0 saturated heterocycles. The summed E-state index contributed by atoms with van der Waals surface area (Å²) in [6, 6.07) is 9.89. The van der Waals surface area contributed by atoms with E-state index in [2.05, 4.69) is 20.4 Å². The van der Waals surface area contributed by atoms with Crippen LogP contribution in [0.5, 0.6) is 0 Å². The third kappa shape index (κ3) is 2.95. The normalized spacial score (nSPS) is 15.9. The summed E-state index contributed by atoms with van der Waals surface area (Å²) in [6.45, 7) is 0.875. The van der Waals surface area contributed by atoms with Crippen LogP contribution in [0.2, 0.25) is 0 Å². The molecule has 1 aromatic carbocycles. The zero-order valence-corrected chi connectivity index (χ0v) is 16.0. The smallest absolute Gasteiger partial charge is 0.258 e. The van der Waals surface area contributed by atoms with Crippen molar-refractivity contribution >= 4 is 22.8 Å². The van der Waals surface area contributed by atoms with Gasteiger partial charge < -0.3 is 20.9 Å². The van der Waals surface area contributed by atoms with E-state index in [1.807, 2.05) is 18.2 Å². The van der Waals surface area contributed by atoms with Crippen LogP contribution in [0.25, 0.3) is 5.52 Å². The molecule has 0 bridgehead atoms. The molecule has 4 heterocycles. The lowest BCUT2D eigenvalue weighted by atomic mass is 10.0. The minimum absolute atomic E-state index is 0.0519. The first-order valence-corrected chi connectivity index (χ1v) is 9.67. The van der Waals surface area contributed by atoms with Crippen molar-refractivity contribution < 1.29 is 9.18 Å². The van der Waals surface area contributed by atoms with Crippen LogP contribution >= 0.6 is 0 Å². The van der Waals surface area contributed by atoms with Gasteiger partial charge in [0, 0.05) is 31.4 Å². The van der Waals surface area contributed by atoms with Gasteiger partial charge in [-0.05, 0) is 24.3 Å². The molecule has 1 unspecified atom stereocenters. The summed E-state index contributed by atoms with van der Waals surface area (Å²) >= 11 is 0. The van der Waals surface area contributed by atoms with Crippen LogP contribution in [0.15, 0.2) is 55.1 Å². The van der Waals surface area contributed by atoms with Crippen molar-refractivity contribution in [2.75, 3.05) is 24.1 Å². The average Bonchev–Trinajstić information content (AvgIpc) is 3.41. The van der Waals surface area contributed by atoms with Gasteiger partial charge in [0.2, 0.25) is 0 Å². The summed E-state index contributed by atoms with van der Waals surface area (Å²) in [5.74, 6) is -0.604. The number of H-pyrrole nitrogens is 1. The summed E-state index contributed by atoms with van der Waals surface area (Å²) in [4.78, 5) is 22.9. The fourth-order valence-electron chi connectivity index (χ4n) is 3.96. The molecule has 4 aromatic rings. The topological polar surface area (TPSA) is 104 Å². The number of carbonyl (C=O) groups excluding carboxylic acids is 1. The number of hydrogen-bond acceptors (Lipinski definition) is 5. The van der Waals surface area contributed by atoms with E-state index >= 15 is 0 Å². The highest BCUT2D eigenvalue weighted by Crippen LogP contribution is 2.31. The Bertz CT molecular complexity index is 1230. The number of hydrogen-bond donors (Lipinski definition) is 3. The molecular weight excluding hydrogens is 385 g/mol.